The lowest BCUT2D eigenvalue weighted by molar-refractivity contribution is -0.123. The quantitative estimate of drug-likeness (QED) is 0.614. The predicted molar refractivity (Wildman–Crippen MR) is 109 cm³/mol. The molecule has 2 aliphatic heterocycles. The second-order valence-electron chi connectivity index (χ2n) is 8.19. The number of hydrogen-bond donors (Lipinski definition) is 2. The van der Waals surface area contributed by atoms with E-state index in [2.05, 4.69) is 16.0 Å². The Balaban J connectivity index is 1.32. The number of piperidine rings is 1. The van der Waals surface area contributed by atoms with Crippen LogP contribution in [0.1, 0.15) is 25.0 Å². The lowest BCUT2D eigenvalue weighted by atomic mass is 9.75. The fraction of sp³-hybridized carbons (Fsp3) is 0.450. The van der Waals surface area contributed by atoms with E-state index in [-0.39, 0.29) is 5.41 Å². The van der Waals surface area contributed by atoms with Gasteiger partial charge in [-0.05, 0) is 31.4 Å². The number of pyridine rings is 1. The van der Waals surface area contributed by atoms with Crippen LogP contribution in [0.2, 0.25) is 5.02 Å². The Morgan fingerprint density at radius 2 is 1.97 bits per heavy atom. The Labute approximate surface area is 180 Å². The molecule has 1 fully saturated rings. The van der Waals surface area contributed by atoms with E-state index in [0.29, 0.717) is 36.6 Å². The number of amides is 2. The summed E-state index contributed by atoms with van der Waals surface area (Å²) in [5, 5.41) is 8.14. The molecule has 1 saturated heterocycles. The highest BCUT2D eigenvalue weighted by Crippen LogP contribution is 2.44. The molecule has 3 aromatic rings. The van der Waals surface area contributed by atoms with E-state index in [1.54, 1.807) is 12.4 Å². The van der Waals surface area contributed by atoms with Crippen LogP contribution in [-0.2, 0) is 12.0 Å². The lowest BCUT2D eigenvalue weighted by Gasteiger charge is -2.38. The molecule has 31 heavy (non-hydrogen) atoms. The van der Waals surface area contributed by atoms with Gasteiger partial charge >= 0.3 is 12.2 Å². The zero-order valence-electron chi connectivity index (χ0n) is 16.5. The van der Waals surface area contributed by atoms with Gasteiger partial charge in [-0.15, -0.1) is 0 Å². The first kappa shape index (κ1) is 20.2. The summed E-state index contributed by atoms with van der Waals surface area (Å²) in [7, 11) is 0. The predicted octanol–water partition coefficient (Wildman–Crippen LogP) is 4.09. The molecule has 2 aliphatic rings. The highest BCUT2D eigenvalue weighted by molar-refractivity contribution is 6.35. The second-order valence-corrected chi connectivity index (χ2v) is 8.59. The van der Waals surface area contributed by atoms with Gasteiger partial charge < -0.3 is 15.2 Å². The number of halogens is 4. The maximum absolute atomic E-state index is 12.4. The summed E-state index contributed by atoms with van der Waals surface area (Å²) < 4.78 is 39.1. The van der Waals surface area contributed by atoms with Gasteiger partial charge in [0, 0.05) is 54.1 Å². The third-order valence-electron chi connectivity index (χ3n) is 6.35. The molecule has 11 heteroatoms. The molecule has 3 aromatic heterocycles. The molecule has 5 rings (SSSR count). The number of aromatic nitrogens is 4. The molecular formula is C20H20ClF3N6O. The van der Waals surface area contributed by atoms with Crippen LogP contribution in [0.15, 0.2) is 24.5 Å². The van der Waals surface area contributed by atoms with E-state index < -0.39 is 18.8 Å². The Bertz CT molecular complexity index is 1150. The summed E-state index contributed by atoms with van der Waals surface area (Å²) in [6, 6.07) is 3.36. The number of fused-ring (bicyclic) bond motifs is 3. The van der Waals surface area contributed by atoms with Crippen molar-refractivity contribution in [1.29, 1.82) is 0 Å². The third-order valence-corrected chi connectivity index (χ3v) is 6.66. The lowest BCUT2D eigenvalue weighted by Crippen LogP contribution is -2.49. The molecular weight excluding hydrogens is 433 g/mol. The number of likely N-dealkylation sites (tertiary alicyclic amines) is 1. The number of aromatic amines is 1. The molecule has 0 aromatic carbocycles. The number of aryl methyl sites for hydroxylation is 1. The van der Waals surface area contributed by atoms with E-state index in [0.717, 1.165) is 35.3 Å². The van der Waals surface area contributed by atoms with Crippen molar-refractivity contribution in [3.63, 3.8) is 0 Å². The third kappa shape index (κ3) is 3.62. The molecule has 0 radical (unpaired) electrons. The molecule has 2 amide bonds. The van der Waals surface area contributed by atoms with Gasteiger partial charge in [0.05, 0.1) is 10.7 Å². The molecule has 0 bridgehead atoms. The number of alkyl halides is 3. The first-order valence-electron chi connectivity index (χ1n) is 10.0. The summed E-state index contributed by atoms with van der Waals surface area (Å²) in [4.78, 5) is 21.0. The molecule has 5 heterocycles. The average molecular weight is 453 g/mol. The van der Waals surface area contributed by atoms with E-state index >= 15 is 0 Å². The van der Waals surface area contributed by atoms with Crippen LogP contribution in [-0.4, -0.2) is 56.5 Å². The van der Waals surface area contributed by atoms with Crippen LogP contribution in [0.5, 0.6) is 0 Å². The largest absolute Gasteiger partial charge is 0.405 e. The molecule has 164 valence electrons. The SMILES string of the molecule is O=C(NCC(F)(F)F)N1CCC2(CC1)CCn1nc(-c3cnc4[nH]cc(Cl)c4c3)cc12. The minimum absolute atomic E-state index is 0.116. The van der Waals surface area contributed by atoms with Crippen molar-refractivity contribution in [2.45, 2.75) is 37.4 Å². The Hall–Kier alpha value is -2.75. The first-order valence-corrected chi connectivity index (χ1v) is 10.4. The molecule has 0 unspecified atom stereocenters. The average Bonchev–Trinajstić information content (AvgIpc) is 3.42. The molecule has 0 aliphatic carbocycles. The van der Waals surface area contributed by atoms with Gasteiger partial charge in [0.25, 0.3) is 0 Å². The van der Waals surface area contributed by atoms with Crippen molar-refractivity contribution >= 4 is 28.7 Å². The topological polar surface area (TPSA) is 78.8 Å². The summed E-state index contributed by atoms with van der Waals surface area (Å²) in [6.45, 7) is 0.288. The summed E-state index contributed by atoms with van der Waals surface area (Å²) >= 11 is 6.21. The van der Waals surface area contributed by atoms with Gasteiger partial charge in [0.2, 0.25) is 0 Å². The van der Waals surface area contributed by atoms with Crippen molar-refractivity contribution in [2.75, 3.05) is 19.6 Å². The van der Waals surface area contributed by atoms with Crippen molar-refractivity contribution in [3.8, 4) is 11.3 Å². The van der Waals surface area contributed by atoms with Gasteiger partial charge in [0.15, 0.2) is 0 Å². The van der Waals surface area contributed by atoms with Crippen molar-refractivity contribution < 1.29 is 18.0 Å². The number of nitrogens with zero attached hydrogens (tertiary/aromatic N) is 4. The highest BCUT2D eigenvalue weighted by Gasteiger charge is 2.44. The normalized spacial score (nSPS) is 18.0. The minimum atomic E-state index is -4.41. The van der Waals surface area contributed by atoms with Crippen LogP contribution < -0.4 is 5.32 Å². The van der Waals surface area contributed by atoms with Gasteiger partial charge in [-0.3, -0.25) is 4.68 Å². The summed E-state index contributed by atoms with van der Waals surface area (Å²) in [6.07, 6.45) is 1.34. The highest BCUT2D eigenvalue weighted by atomic mass is 35.5. The number of carbonyl (C=O) groups is 1. The van der Waals surface area contributed by atoms with Gasteiger partial charge in [-0.25, -0.2) is 9.78 Å². The number of rotatable bonds is 2. The zero-order chi connectivity index (χ0) is 21.8. The monoisotopic (exact) mass is 452 g/mol. The Morgan fingerprint density at radius 3 is 2.71 bits per heavy atom. The van der Waals surface area contributed by atoms with Crippen LogP contribution in [0.3, 0.4) is 0 Å². The first-order chi connectivity index (χ1) is 14.7. The molecule has 0 saturated carbocycles. The van der Waals surface area contributed by atoms with Crippen molar-refractivity contribution in [1.82, 2.24) is 30.0 Å². The fourth-order valence-corrected chi connectivity index (χ4v) is 4.84. The minimum Gasteiger partial charge on any atom is -0.345 e. The maximum atomic E-state index is 12.4. The standard InChI is InChI=1S/C20H20ClF3N6O/c21-14-10-26-17-13(14)7-12(9-25-17)15-8-16-19(3-6-30(16)28-15)1-4-29(5-2-19)18(31)27-11-20(22,23)24/h7-10H,1-6,11H2,(H,25,26)(H,27,31). The molecule has 0 atom stereocenters. The zero-order valence-corrected chi connectivity index (χ0v) is 17.2. The fourth-order valence-electron chi connectivity index (χ4n) is 4.65. The van der Waals surface area contributed by atoms with E-state index in [1.165, 1.54) is 4.90 Å². The number of hydrogen-bond acceptors (Lipinski definition) is 3. The smallest absolute Gasteiger partial charge is 0.345 e. The number of H-pyrrole nitrogens is 1. The van der Waals surface area contributed by atoms with E-state index in [4.69, 9.17) is 16.7 Å². The Kier molecular flexibility index (Phi) is 4.65. The van der Waals surface area contributed by atoms with E-state index in [9.17, 15) is 18.0 Å². The summed E-state index contributed by atoms with van der Waals surface area (Å²) in [5.74, 6) is 0. The summed E-state index contributed by atoms with van der Waals surface area (Å²) in [5.41, 5.74) is 3.39. The maximum Gasteiger partial charge on any atom is 0.405 e. The van der Waals surface area contributed by atoms with Crippen molar-refractivity contribution in [2.24, 2.45) is 0 Å². The molecule has 2 N–H and O–H groups in total. The van der Waals surface area contributed by atoms with Crippen LogP contribution >= 0.6 is 11.6 Å². The van der Waals surface area contributed by atoms with E-state index in [1.807, 2.05) is 16.1 Å². The van der Waals surface area contributed by atoms with Gasteiger partial charge in [-0.1, -0.05) is 11.6 Å². The van der Waals surface area contributed by atoms with Gasteiger partial charge in [-0.2, -0.15) is 18.3 Å². The van der Waals surface area contributed by atoms with Crippen LogP contribution in [0.25, 0.3) is 22.3 Å². The van der Waals surface area contributed by atoms with Gasteiger partial charge in [0.1, 0.15) is 12.2 Å². The number of carbonyl (C=O) groups excluding carboxylic acids is 1. The number of urea groups is 1. The molecule has 1 spiro atoms. The second kappa shape index (κ2) is 7.15. The Morgan fingerprint density at radius 1 is 1.23 bits per heavy atom. The molecule has 7 nitrogen and oxygen atoms in total. The van der Waals surface area contributed by atoms with Crippen LogP contribution in [0.4, 0.5) is 18.0 Å². The van der Waals surface area contributed by atoms with Crippen LogP contribution in [0, 0.1) is 0 Å². The number of nitrogens with one attached hydrogen (secondary N) is 2. The van der Waals surface area contributed by atoms with Crippen molar-refractivity contribution in [3.05, 3.63) is 35.2 Å².